The molecule has 1 saturated carbocycles. The third-order valence-corrected chi connectivity index (χ3v) is 11.8. The zero-order valence-electron chi connectivity index (χ0n) is 30.6. The van der Waals surface area contributed by atoms with Crippen molar-refractivity contribution >= 4 is 5.95 Å². The summed E-state index contributed by atoms with van der Waals surface area (Å²) in [5.41, 5.74) is 1.27. The summed E-state index contributed by atoms with van der Waals surface area (Å²) in [6.07, 6.45) is -0.471. The second kappa shape index (κ2) is 14.7. The van der Waals surface area contributed by atoms with Gasteiger partial charge in [-0.3, -0.25) is 4.98 Å². The lowest BCUT2D eigenvalue weighted by molar-refractivity contribution is -0.137. The predicted molar refractivity (Wildman–Crippen MR) is 189 cm³/mol. The Morgan fingerprint density at radius 2 is 1.49 bits per heavy atom. The topological polar surface area (TPSA) is 74.6 Å². The maximum Gasteiger partial charge on any atom is 0.416 e. The lowest BCUT2D eigenvalue weighted by atomic mass is 9.68. The summed E-state index contributed by atoms with van der Waals surface area (Å²) < 4.78 is 92.9. The highest BCUT2D eigenvalue weighted by Crippen LogP contribution is 2.52. The van der Waals surface area contributed by atoms with Crippen LogP contribution in [0.3, 0.4) is 0 Å². The zero-order chi connectivity index (χ0) is 37.7. The summed E-state index contributed by atoms with van der Waals surface area (Å²) in [6, 6.07) is 4.03. The molecule has 4 aliphatic rings. The standard InChI is InChI=1S/C40H49F6N5O2/c1-38(2)20-30-33(31(52)21-38)32(24-8-14-39(42,43)15-9-24)34(35(41)25-4-6-27(7-5-25)40(44,45)46)36(49-30)26-10-18-51(19-11-26)37-47-22-29(23-48-37)53-28-12-16-50(3)17-13-28/h4-7,22-24,26,28,31,35,52H,8-21H2,1-3H3. The van der Waals surface area contributed by atoms with Gasteiger partial charge in [0.2, 0.25) is 11.9 Å². The second-order valence-corrected chi connectivity index (χ2v) is 16.5. The number of nitrogens with zero attached hydrogens (tertiary/aromatic N) is 5. The first-order valence-electron chi connectivity index (χ1n) is 18.9. The average Bonchev–Trinajstić information content (AvgIpc) is 3.11. The van der Waals surface area contributed by atoms with Gasteiger partial charge in [0.25, 0.3) is 0 Å². The van der Waals surface area contributed by atoms with Crippen molar-refractivity contribution in [2.24, 2.45) is 5.41 Å². The first-order chi connectivity index (χ1) is 25.1. The van der Waals surface area contributed by atoms with Crippen LogP contribution in [0, 0.1) is 5.41 Å². The molecule has 4 heterocycles. The number of alkyl halides is 6. The van der Waals surface area contributed by atoms with Gasteiger partial charge in [0.1, 0.15) is 6.10 Å². The molecule has 0 radical (unpaired) electrons. The van der Waals surface area contributed by atoms with Crippen LogP contribution in [0.5, 0.6) is 5.75 Å². The average molecular weight is 746 g/mol. The number of rotatable bonds is 7. The van der Waals surface area contributed by atoms with Gasteiger partial charge in [-0.2, -0.15) is 13.2 Å². The molecule has 2 aliphatic heterocycles. The number of aliphatic hydroxyl groups excluding tert-OH is 1. The van der Waals surface area contributed by atoms with Crippen molar-refractivity contribution in [1.29, 1.82) is 0 Å². The molecule has 0 bridgehead atoms. The molecule has 2 aromatic heterocycles. The molecule has 0 amide bonds. The second-order valence-electron chi connectivity index (χ2n) is 16.5. The SMILES string of the molecule is CN1CCC(Oc2cnc(N3CCC(c4nc5c(c(C6CCC(F)(F)CC6)c4C(F)c4ccc(C(F)(F)F)cc4)C(O)CC(C)(C)C5)CC3)nc2)CC1. The molecule has 2 atom stereocenters. The van der Waals surface area contributed by atoms with Crippen LogP contribution in [0.4, 0.5) is 32.3 Å². The molecule has 53 heavy (non-hydrogen) atoms. The van der Waals surface area contributed by atoms with Crippen molar-refractivity contribution in [3.63, 3.8) is 0 Å². The Hall–Kier alpha value is -3.45. The van der Waals surface area contributed by atoms with Crippen molar-refractivity contribution in [1.82, 2.24) is 19.9 Å². The Balaban J connectivity index is 1.22. The number of pyridine rings is 1. The van der Waals surface area contributed by atoms with Crippen molar-refractivity contribution in [3.05, 3.63) is 75.9 Å². The van der Waals surface area contributed by atoms with Crippen LogP contribution >= 0.6 is 0 Å². The number of piperidine rings is 2. The molecule has 0 spiro atoms. The molecule has 1 aromatic carbocycles. The van der Waals surface area contributed by atoms with Gasteiger partial charge in [-0.05, 0) is 93.0 Å². The van der Waals surface area contributed by atoms with Crippen LogP contribution in [-0.4, -0.2) is 70.2 Å². The molecule has 2 saturated heterocycles. The summed E-state index contributed by atoms with van der Waals surface area (Å²) in [5, 5.41) is 11.6. The molecule has 3 fully saturated rings. The Morgan fingerprint density at radius 1 is 0.868 bits per heavy atom. The normalized spacial score (nSPS) is 23.8. The minimum absolute atomic E-state index is 0.0300. The fourth-order valence-electron chi connectivity index (χ4n) is 8.90. The van der Waals surface area contributed by atoms with Crippen LogP contribution in [0.25, 0.3) is 0 Å². The fraction of sp³-hybridized carbons (Fsp3) is 0.625. The number of hydrogen-bond donors (Lipinski definition) is 1. The van der Waals surface area contributed by atoms with Crippen molar-refractivity contribution in [3.8, 4) is 5.75 Å². The maximum absolute atomic E-state index is 17.3. The minimum Gasteiger partial charge on any atom is -0.487 e. The van der Waals surface area contributed by atoms with Gasteiger partial charge < -0.3 is 19.6 Å². The highest BCUT2D eigenvalue weighted by molar-refractivity contribution is 5.51. The van der Waals surface area contributed by atoms with E-state index in [0.29, 0.717) is 73.0 Å². The number of benzene rings is 1. The fourth-order valence-corrected chi connectivity index (χ4v) is 8.90. The number of aliphatic hydroxyl groups is 1. The number of hydrogen-bond acceptors (Lipinski definition) is 7. The molecular weight excluding hydrogens is 696 g/mol. The van der Waals surface area contributed by atoms with E-state index in [0.717, 1.165) is 50.2 Å². The molecule has 288 valence electrons. The molecule has 3 aromatic rings. The summed E-state index contributed by atoms with van der Waals surface area (Å²) in [4.78, 5) is 18.7. The molecule has 7 nitrogen and oxygen atoms in total. The third-order valence-electron chi connectivity index (χ3n) is 11.8. The number of aromatic nitrogens is 3. The van der Waals surface area contributed by atoms with Crippen molar-refractivity contribution in [2.75, 3.05) is 38.1 Å². The van der Waals surface area contributed by atoms with Crippen LogP contribution in [-0.2, 0) is 12.6 Å². The minimum atomic E-state index is -4.59. The third kappa shape index (κ3) is 8.30. The molecule has 13 heteroatoms. The van der Waals surface area contributed by atoms with Gasteiger partial charge in [0, 0.05) is 61.8 Å². The largest absolute Gasteiger partial charge is 0.487 e. The highest BCUT2D eigenvalue weighted by atomic mass is 19.4. The lowest BCUT2D eigenvalue weighted by Crippen LogP contribution is -2.36. The number of ether oxygens (including phenoxy) is 1. The monoisotopic (exact) mass is 745 g/mol. The Morgan fingerprint density at radius 3 is 2.09 bits per heavy atom. The van der Waals surface area contributed by atoms with E-state index in [-0.39, 0.29) is 54.2 Å². The van der Waals surface area contributed by atoms with Gasteiger partial charge in [0.15, 0.2) is 11.9 Å². The summed E-state index contributed by atoms with van der Waals surface area (Å²) >= 11 is 0. The van der Waals surface area contributed by atoms with E-state index in [2.05, 4.69) is 26.8 Å². The quantitative estimate of drug-likeness (QED) is 0.242. The van der Waals surface area contributed by atoms with Crippen LogP contribution < -0.4 is 9.64 Å². The van der Waals surface area contributed by atoms with Gasteiger partial charge >= 0.3 is 6.18 Å². The van der Waals surface area contributed by atoms with Crippen molar-refractivity contribution in [2.45, 2.75) is 120 Å². The van der Waals surface area contributed by atoms with E-state index in [1.807, 2.05) is 13.8 Å². The predicted octanol–water partition coefficient (Wildman–Crippen LogP) is 9.11. The van der Waals surface area contributed by atoms with Crippen molar-refractivity contribution < 1.29 is 36.2 Å². The van der Waals surface area contributed by atoms with Gasteiger partial charge in [0.05, 0.1) is 29.8 Å². The van der Waals surface area contributed by atoms with Crippen LogP contribution in [0.2, 0.25) is 0 Å². The lowest BCUT2D eigenvalue weighted by Gasteiger charge is -2.41. The zero-order valence-corrected chi connectivity index (χ0v) is 30.6. The number of anilines is 1. The number of fused-ring (bicyclic) bond motifs is 1. The summed E-state index contributed by atoms with van der Waals surface area (Å²) in [7, 11) is 2.10. The maximum atomic E-state index is 17.3. The Labute approximate surface area is 307 Å². The van der Waals surface area contributed by atoms with E-state index < -0.39 is 35.9 Å². The first kappa shape index (κ1) is 37.8. The van der Waals surface area contributed by atoms with E-state index in [9.17, 15) is 27.1 Å². The summed E-state index contributed by atoms with van der Waals surface area (Å²) in [6.45, 7) is 7.13. The molecule has 2 aliphatic carbocycles. The van der Waals surface area contributed by atoms with E-state index in [1.54, 1.807) is 12.4 Å². The van der Waals surface area contributed by atoms with E-state index in [4.69, 9.17) is 9.72 Å². The number of halogens is 6. The Bertz CT molecular complexity index is 1730. The Kier molecular flexibility index (Phi) is 10.5. The van der Waals surface area contributed by atoms with E-state index in [1.165, 1.54) is 0 Å². The van der Waals surface area contributed by atoms with Crippen LogP contribution in [0.15, 0.2) is 36.7 Å². The smallest absolute Gasteiger partial charge is 0.416 e. The summed E-state index contributed by atoms with van der Waals surface area (Å²) in [5.74, 6) is -2.33. The van der Waals surface area contributed by atoms with Gasteiger partial charge in [-0.1, -0.05) is 26.0 Å². The molecule has 1 N–H and O–H groups in total. The van der Waals surface area contributed by atoms with Gasteiger partial charge in [-0.25, -0.2) is 23.1 Å². The molecular formula is C40H49F6N5O2. The van der Waals surface area contributed by atoms with E-state index >= 15 is 4.39 Å². The first-order valence-corrected chi connectivity index (χ1v) is 18.9. The number of likely N-dealkylation sites (tertiary alicyclic amines) is 1. The highest BCUT2D eigenvalue weighted by Gasteiger charge is 2.44. The van der Waals surface area contributed by atoms with Gasteiger partial charge in [-0.15, -0.1) is 0 Å². The molecule has 7 rings (SSSR count). The van der Waals surface area contributed by atoms with Crippen LogP contribution in [0.1, 0.15) is 135 Å². The molecule has 2 unspecified atom stereocenters.